The van der Waals surface area contributed by atoms with Crippen LogP contribution < -0.4 is 4.74 Å². The maximum absolute atomic E-state index is 12.8. The van der Waals surface area contributed by atoms with Crippen LogP contribution in [0.25, 0.3) is 0 Å². The number of rotatable bonds is 7. The number of carbonyl (C=O) groups excluding carboxylic acids is 1. The first-order chi connectivity index (χ1) is 15.0. The Morgan fingerprint density at radius 3 is 1.62 bits per heavy atom. The lowest BCUT2D eigenvalue weighted by atomic mass is 9.84. The first-order valence-electron chi connectivity index (χ1n) is 10.1. The zero-order valence-electron chi connectivity index (χ0n) is 18.1. The maximum atomic E-state index is 12.8. The normalized spacial score (nSPS) is 12.2. The molecule has 0 saturated carbocycles. The van der Waals surface area contributed by atoms with Gasteiger partial charge in [-0.3, -0.25) is 0 Å². The molecule has 0 aromatic heterocycles. The summed E-state index contributed by atoms with van der Waals surface area (Å²) in [5.41, 5.74) is 0.319. The van der Waals surface area contributed by atoms with Crippen molar-refractivity contribution >= 4 is 16.1 Å². The van der Waals surface area contributed by atoms with Gasteiger partial charge in [0.15, 0.2) is 6.61 Å². The van der Waals surface area contributed by atoms with Crippen LogP contribution in [0.1, 0.15) is 37.5 Å². The minimum absolute atomic E-state index is 0.273. The quantitative estimate of drug-likeness (QED) is 0.302. The number of esters is 1. The molecule has 0 N–H and O–H groups in total. The molecule has 32 heavy (non-hydrogen) atoms. The summed E-state index contributed by atoms with van der Waals surface area (Å²) in [6.45, 7) is 4.99. The van der Waals surface area contributed by atoms with Crippen LogP contribution in [0.15, 0.2) is 84.9 Å². The average Bonchev–Trinajstić information content (AvgIpc) is 2.73. The molecule has 0 aliphatic carbocycles. The van der Waals surface area contributed by atoms with E-state index in [9.17, 15) is 17.8 Å². The number of hydrogen-bond donors (Lipinski definition) is 0. The Kier molecular flexibility index (Phi) is 6.71. The molecule has 0 bridgehead atoms. The third-order valence-corrected chi connectivity index (χ3v) is 6.23. The summed E-state index contributed by atoms with van der Waals surface area (Å²) in [5.74, 6) is -0.176. The molecule has 3 aromatic carbocycles. The first kappa shape index (κ1) is 23.5. The molecule has 168 valence electrons. The zero-order chi connectivity index (χ0) is 23.4. The van der Waals surface area contributed by atoms with E-state index in [0.29, 0.717) is 16.9 Å². The van der Waals surface area contributed by atoms with E-state index in [-0.39, 0.29) is 12.2 Å². The van der Waals surface area contributed by atoms with Crippen molar-refractivity contribution in [3.8, 4) is 5.75 Å². The molecule has 0 radical (unpaired) electrons. The number of carbonyl (C=O) groups is 1. The van der Waals surface area contributed by atoms with Crippen molar-refractivity contribution in [2.45, 2.75) is 31.1 Å². The Morgan fingerprint density at radius 2 is 1.22 bits per heavy atom. The van der Waals surface area contributed by atoms with Gasteiger partial charge >= 0.3 is 5.97 Å². The van der Waals surface area contributed by atoms with Gasteiger partial charge in [-0.15, -0.1) is 0 Å². The molecule has 0 spiro atoms. The summed E-state index contributed by atoms with van der Waals surface area (Å²) in [7, 11) is -4.91. The van der Waals surface area contributed by atoms with Crippen LogP contribution in [0.4, 0.5) is 0 Å². The summed E-state index contributed by atoms with van der Waals surface area (Å²) >= 11 is 0. The van der Waals surface area contributed by atoms with Gasteiger partial charge in [0.2, 0.25) is 0 Å². The van der Waals surface area contributed by atoms with E-state index in [1.165, 1.54) is 24.3 Å². The summed E-state index contributed by atoms with van der Waals surface area (Å²) in [6, 6.07) is 22.9. The smallest absolute Gasteiger partial charge is 0.344 e. The molecule has 0 unspecified atom stereocenters. The highest BCUT2D eigenvalue weighted by atomic mass is 32.2. The third-order valence-electron chi connectivity index (χ3n) is 4.77. The monoisotopic (exact) mass is 453 g/mol. The Morgan fingerprint density at radius 1 is 0.781 bits per heavy atom. The van der Waals surface area contributed by atoms with Crippen LogP contribution in [0.2, 0.25) is 0 Å². The van der Waals surface area contributed by atoms with E-state index in [0.717, 1.165) is 0 Å². The van der Waals surface area contributed by atoms with Crippen LogP contribution in [0.3, 0.4) is 0 Å². The molecule has 0 aliphatic heterocycles. The van der Waals surface area contributed by atoms with Gasteiger partial charge in [-0.05, 0) is 49.6 Å². The summed E-state index contributed by atoms with van der Waals surface area (Å²) in [6.07, 6.45) is 0. The Labute approximate surface area is 188 Å². The molecule has 3 rings (SSSR count). The number of benzene rings is 3. The predicted molar refractivity (Wildman–Crippen MR) is 120 cm³/mol. The first-order valence-corrected chi connectivity index (χ1v) is 11.5. The van der Waals surface area contributed by atoms with Crippen molar-refractivity contribution in [2.75, 3.05) is 6.61 Å². The van der Waals surface area contributed by atoms with E-state index < -0.39 is 26.4 Å². The van der Waals surface area contributed by atoms with Crippen molar-refractivity contribution < 1.29 is 27.2 Å². The maximum Gasteiger partial charge on any atom is 0.344 e. The van der Waals surface area contributed by atoms with Crippen molar-refractivity contribution in [1.82, 2.24) is 0 Å². The highest BCUT2D eigenvalue weighted by Gasteiger charge is 2.43. The Bertz CT molecular complexity index is 1110. The van der Waals surface area contributed by atoms with Gasteiger partial charge < -0.3 is 14.0 Å². The van der Waals surface area contributed by atoms with Crippen molar-refractivity contribution in [2.24, 2.45) is 0 Å². The van der Waals surface area contributed by atoms with Crippen molar-refractivity contribution in [3.63, 3.8) is 0 Å². The molecule has 0 atom stereocenters. The SMILES string of the molecule is CC(C)(C)OC(=O)COc1ccc(C(c2ccccc2)(c2ccccc2)S(=O)(=O)[O-])cc1. The molecule has 0 saturated heterocycles. The summed E-state index contributed by atoms with van der Waals surface area (Å²) < 4.78 is 47.3. The van der Waals surface area contributed by atoms with E-state index in [4.69, 9.17) is 9.47 Å². The lowest BCUT2D eigenvalue weighted by Gasteiger charge is -2.37. The minimum Gasteiger partial charge on any atom is -0.747 e. The minimum atomic E-state index is -4.91. The van der Waals surface area contributed by atoms with Crippen LogP contribution in [0, 0.1) is 0 Å². The van der Waals surface area contributed by atoms with Crippen LogP contribution in [-0.4, -0.2) is 31.1 Å². The van der Waals surface area contributed by atoms with E-state index in [1.807, 2.05) is 0 Å². The number of hydrogen-bond acceptors (Lipinski definition) is 6. The third kappa shape index (κ3) is 5.00. The van der Waals surface area contributed by atoms with Gasteiger partial charge in [-0.2, -0.15) is 0 Å². The van der Waals surface area contributed by atoms with E-state index >= 15 is 0 Å². The highest BCUT2D eigenvalue weighted by Crippen LogP contribution is 2.43. The van der Waals surface area contributed by atoms with Crippen LogP contribution >= 0.6 is 0 Å². The van der Waals surface area contributed by atoms with Gasteiger partial charge in [0.25, 0.3) is 0 Å². The molecule has 7 heteroatoms. The van der Waals surface area contributed by atoms with Gasteiger partial charge in [0.1, 0.15) is 26.2 Å². The Hall–Kier alpha value is -3.16. The second-order valence-corrected chi connectivity index (χ2v) is 9.79. The van der Waals surface area contributed by atoms with Gasteiger partial charge in [-0.1, -0.05) is 72.8 Å². The Balaban J connectivity index is 2.03. The fraction of sp³-hybridized carbons (Fsp3) is 0.240. The number of ether oxygens (including phenoxy) is 2. The summed E-state index contributed by atoms with van der Waals surface area (Å²) in [5, 5.41) is 0. The van der Waals surface area contributed by atoms with Gasteiger partial charge in [-0.25, -0.2) is 13.2 Å². The van der Waals surface area contributed by atoms with Crippen molar-refractivity contribution in [1.29, 1.82) is 0 Å². The largest absolute Gasteiger partial charge is 0.747 e. The standard InChI is InChI=1S/C25H26O6S/c1-24(2,3)31-23(26)18-30-22-16-14-21(15-17-22)25(32(27,28)29,19-10-6-4-7-11-19)20-12-8-5-9-13-20/h4-17H,18H2,1-3H3,(H,27,28,29)/p-1. The zero-order valence-corrected chi connectivity index (χ0v) is 19.0. The molecule has 6 nitrogen and oxygen atoms in total. The molecular formula is C25H25O6S-. The van der Waals surface area contributed by atoms with E-state index in [2.05, 4.69) is 0 Å². The lowest BCUT2D eigenvalue weighted by molar-refractivity contribution is -0.157. The predicted octanol–water partition coefficient (Wildman–Crippen LogP) is 4.24. The van der Waals surface area contributed by atoms with E-state index in [1.54, 1.807) is 81.4 Å². The molecule has 3 aromatic rings. The molecular weight excluding hydrogens is 428 g/mol. The second kappa shape index (κ2) is 9.14. The fourth-order valence-corrected chi connectivity index (χ4v) is 4.85. The average molecular weight is 454 g/mol. The van der Waals surface area contributed by atoms with Crippen molar-refractivity contribution in [3.05, 3.63) is 102 Å². The second-order valence-electron chi connectivity index (χ2n) is 8.27. The highest BCUT2D eigenvalue weighted by molar-refractivity contribution is 7.87. The van der Waals surface area contributed by atoms with Crippen LogP contribution in [-0.2, 0) is 24.4 Å². The molecule has 0 amide bonds. The van der Waals surface area contributed by atoms with Crippen LogP contribution in [0.5, 0.6) is 5.75 Å². The van der Waals surface area contributed by atoms with Gasteiger partial charge in [0.05, 0.1) is 0 Å². The topological polar surface area (TPSA) is 92.7 Å². The lowest BCUT2D eigenvalue weighted by Crippen LogP contribution is -2.38. The molecule has 0 aliphatic rings. The fourth-order valence-electron chi connectivity index (χ4n) is 3.58. The summed E-state index contributed by atoms with van der Waals surface area (Å²) in [4.78, 5) is 11.9. The molecule has 0 fully saturated rings. The molecule has 0 heterocycles. The van der Waals surface area contributed by atoms with Gasteiger partial charge in [0, 0.05) is 0 Å².